The summed E-state index contributed by atoms with van der Waals surface area (Å²) in [6.45, 7) is 8.64. The van der Waals surface area contributed by atoms with Crippen LogP contribution in [-0.2, 0) is 0 Å². The van der Waals surface area contributed by atoms with Gasteiger partial charge in [0.1, 0.15) is 8.07 Å². The van der Waals surface area contributed by atoms with Gasteiger partial charge < -0.3 is 4.74 Å². The molecule has 0 heterocycles. The number of benzene rings is 1. The number of rotatable bonds is 5. The van der Waals surface area contributed by atoms with Gasteiger partial charge in [0.15, 0.2) is 17.4 Å². The molecule has 20 heavy (non-hydrogen) atoms. The SMILES string of the molecule is CCCCCOc1c(F)cc(C#C[Si](C)(C)C)cc1F. The van der Waals surface area contributed by atoms with Crippen LogP contribution >= 0.6 is 0 Å². The van der Waals surface area contributed by atoms with Crippen molar-refractivity contribution in [2.24, 2.45) is 0 Å². The number of unbranched alkanes of at least 4 members (excludes halogenated alkanes) is 2. The smallest absolute Gasteiger partial charge is 0.190 e. The highest BCUT2D eigenvalue weighted by molar-refractivity contribution is 6.83. The van der Waals surface area contributed by atoms with Crippen LogP contribution in [0.25, 0.3) is 0 Å². The third-order valence-corrected chi connectivity index (χ3v) is 3.45. The zero-order valence-electron chi connectivity index (χ0n) is 12.6. The summed E-state index contributed by atoms with van der Waals surface area (Å²) in [6, 6.07) is 2.48. The molecule has 1 rings (SSSR count). The van der Waals surface area contributed by atoms with Crippen LogP contribution in [0.3, 0.4) is 0 Å². The molecule has 0 aliphatic rings. The van der Waals surface area contributed by atoms with E-state index in [2.05, 4.69) is 38.0 Å². The Hall–Kier alpha value is -1.34. The van der Waals surface area contributed by atoms with Crippen LogP contribution in [0.15, 0.2) is 12.1 Å². The lowest BCUT2D eigenvalue weighted by molar-refractivity contribution is 0.276. The maximum atomic E-state index is 13.8. The topological polar surface area (TPSA) is 9.23 Å². The van der Waals surface area contributed by atoms with Crippen molar-refractivity contribution in [3.8, 4) is 17.2 Å². The Morgan fingerprint density at radius 2 is 1.70 bits per heavy atom. The van der Waals surface area contributed by atoms with Crippen molar-refractivity contribution in [3.63, 3.8) is 0 Å². The molecule has 0 radical (unpaired) electrons. The van der Waals surface area contributed by atoms with Gasteiger partial charge in [-0.25, -0.2) is 8.78 Å². The first-order chi connectivity index (χ1) is 9.33. The van der Waals surface area contributed by atoms with Crippen LogP contribution in [-0.4, -0.2) is 14.7 Å². The van der Waals surface area contributed by atoms with Crippen LogP contribution in [0.2, 0.25) is 19.6 Å². The molecule has 1 nitrogen and oxygen atoms in total. The van der Waals surface area contributed by atoms with Gasteiger partial charge in [-0.1, -0.05) is 45.3 Å². The molecule has 0 atom stereocenters. The highest BCUT2D eigenvalue weighted by Crippen LogP contribution is 2.23. The van der Waals surface area contributed by atoms with Gasteiger partial charge in [-0.15, -0.1) is 5.54 Å². The molecular weight excluding hydrogens is 274 g/mol. The summed E-state index contributed by atoms with van der Waals surface area (Å²) in [5.41, 5.74) is 3.45. The summed E-state index contributed by atoms with van der Waals surface area (Å²) in [5, 5.41) is 0. The first-order valence-corrected chi connectivity index (χ1v) is 10.5. The quantitative estimate of drug-likeness (QED) is 0.432. The Morgan fingerprint density at radius 1 is 1.10 bits per heavy atom. The molecule has 0 bridgehead atoms. The molecule has 0 amide bonds. The maximum absolute atomic E-state index is 13.8. The summed E-state index contributed by atoms with van der Waals surface area (Å²) in [6.07, 6.45) is 2.83. The first kappa shape index (κ1) is 16.7. The van der Waals surface area contributed by atoms with E-state index < -0.39 is 19.7 Å². The zero-order chi connectivity index (χ0) is 15.2. The third-order valence-electron chi connectivity index (χ3n) is 2.57. The highest BCUT2D eigenvalue weighted by atomic mass is 28.3. The molecule has 0 saturated carbocycles. The molecule has 4 heteroatoms. The molecule has 0 N–H and O–H groups in total. The number of halogens is 2. The van der Waals surface area contributed by atoms with Crippen LogP contribution in [0.5, 0.6) is 5.75 Å². The Balaban J connectivity index is 2.83. The largest absolute Gasteiger partial charge is 0.488 e. The zero-order valence-corrected chi connectivity index (χ0v) is 13.6. The van der Waals surface area contributed by atoms with E-state index in [0.29, 0.717) is 12.2 Å². The van der Waals surface area contributed by atoms with Crippen LogP contribution in [0.1, 0.15) is 31.7 Å². The molecule has 110 valence electrons. The predicted molar refractivity (Wildman–Crippen MR) is 81.6 cm³/mol. The fourth-order valence-electron chi connectivity index (χ4n) is 1.56. The number of hydrogen-bond donors (Lipinski definition) is 0. The van der Waals surface area contributed by atoms with Gasteiger partial charge in [-0.3, -0.25) is 0 Å². The summed E-state index contributed by atoms with van der Waals surface area (Å²) in [4.78, 5) is 0. The standard InChI is InChI=1S/C16H22F2OSi/c1-5-6-7-9-19-16-14(17)11-13(12-15(16)18)8-10-20(2,3)4/h11-12H,5-7,9H2,1-4H3. The normalized spacial score (nSPS) is 10.9. The molecule has 0 saturated heterocycles. The molecule has 0 fully saturated rings. The van der Waals surface area contributed by atoms with Gasteiger partial charge in [0, 0.05) is 5.56 Å². The van der Waals surface area contributed by atoms with Crippen molar-refractivity contribution in [3.05, 3.63) is 29.3 Å². The minimum Gasteiger partial charge on any atom is -0.488 e. The Bertz CT molecular complexity index is 486. The van der Waals surface area contributed by atoms with Crippen molar-refractivity contribution < 1.29 is 13.5 Å². The van der Waals surface area contributed by atoms with E-state index in [9.17, 15) is 8.78 Å². The summed E-state index contributed by atoms with van der Waals surface area (Å²) in [7, 11) is -1.56. The van der Waals surface area contributed by atoms with E-state index in [4.69, 9.17) is 4.74 Å². The van der Waals surface area contributed by atoms with E-state index in [0.717, 1.165) is 19.3 Å². The van der Waals surface area contributed by atoms with Crippen molar-refractivity contribution in [1.29, 1.82) is 0 Å². The van der Waals surface area contributed by atoms with Gasteiger partial charge in [-0.2, -0.15) is 0 Å². The maximum Gasteiger partial charge on any atom is 0.190 e. The van der Waals surface area contributed by atoms with E-state index in [1.165, 1.54) is 12.1 Å². The second kappa shape index (κ2) is 7.44. The van der Waals surface area contributed by atoms with Crippen molar-refractivity contribution in [1.82, 2.24) is 0 Å². The highest BCUT2D eigenvalue weighted by Gasteiger charge is 2.13. The number of hydrogen-bond acceptors (Lipinski definition) is 1. The Labute approximate surface area is 121 Å². The van der Waals surface area contributed by atoms with Crippen LogP contribution in [0.4, 0.5) is 8.78 Å². The summed E-state index contributed by atoms with van der Waals surface area (Å²) in [5.74, 6) is 1.20. The van der Waals surface area contributed by atoms with Crippen molar-refractivity contribution >= 4 is 8.07 Å². The first-order valence-electron chi connectivity index (χ1n) is 6.98. The molecule has 1 aromatic carbocycles. The molecular formula is C16H22F2OSi. The molecule has 0 spiro atoms. The van der Waals surface area contributed by atoms with Crippen LogP contribution in [0, 0.1) is 23.1 Å². The molecule has 0 unspecified atom stereocenters. The lowest BCUT2D eigenvalue weighted by Crippen LogP contribution is -2.16. The molecule has 0 aliphatic heterocycles. The summed E-state index contributed by atoms with van der Waals surface area (Å²) < 4.78 is 32.8. The fraction of sp³-hybridized carbons (Fsp3) is 0.500. The van der Waals surface area contributed by atoms with Gasteiger partial charge in [0.05, 0.1) is 6.61 Å². The Morgan fingerprint density at radius 3 is 2.20 bits per heavy atom. The van der Waals surface area contributed by atoms with E-state index in [1.807, 2.05) is 0 Å². The second-order valence-corrected chi connectivity index (χ2v) is 10.6. The van der Waals surface area contributed by atoms with Gasteiger partial charge in [0.2, 0.25) is 0 Å². The number of ether oxygens (including phenoxy) is 1. The molecule has 0 aliphatic carbocycles. The lowest BCUT2D eigenvalue weighted by atomic mass is 10.2. The van der Waals surface area contributed by atoms with Crippen molar-refractivity contribution in [2.45, 2.75) is 45.8 Å². The van der Waals surface area contributed by atoms with E-state index >= 15 is 0 Å². The van der Waals surface area contributed by atoms with Gasteiger partial charge in [-0.05, 0) is 18.6 Å². The van der Waals surface area contributed by atoms with Crippen molar-refractivity contribution in [2.75, 3.05) is 6.61 Å². The van der Waals surface area contributed by atoms with Gasteiger partial charge >= 0.3 is 0 Å². The average molecular weight is 296 g/mol. The van der Waals surface area contributed by atoms with E-state index in [1.54, 1.807) is 0 Å². The van der Waals surface area contributed by atoms with E-state index in [-0.39, 0.29) is 5.75 Å². The van der Waals surface area contributed by atoms with Crippen LogP contribution < -0.4 is 4.74 Å². The average Bonchev–Trinajstić information content (AvgIpc) is 2.34. The fourth-order valence-corrected chi connectivity index (χ4v) is 2.08. The predicted octanol–water partition coefficient (Wildman–Crippen LogP) is 4.76. The lowest BCUT2D eigenvalue weighted by Gasteiger charge is -2.09. The molecule has 0 aromatic heterocycles. The minimum absolute atomic E-state index is 0.292. The second-order valence-electron chi connectivity index (χ2n) is 5.82. The molecule has 1 aromatic rings. The van der Waals surface area contributed by atoms with Gasteiger partial charge in [0.25, 0.3) is 0 Å². The minimum atomic E-state index is -1.56. The third kappa shape index (κ3) is 5.75. The Kier molecular flexibility index (Phi) is 6.22. The summed E-state index contributed by atoms with van der Waals surface area (Å²) >= 11 is 0. The monoisotopic (exact) mass is 296 g/mol.